The van der Waals surface area contributed by atoms with Crippen LogP contribution in [0.2, 0.25) is 5.02 Å². The SMILES string of the molecule is CCNc1ncnc(-c2ccccc2Cl)c1CC. The van der Waals surface area contributed by atoms with Gasteiger partial charge in [0, 0.05) is 22.7 Å². The van der Waals surface area contributed by atoms with Gasteiger partial charge in [-0.05, 0) is 19.4 Å². The van der Waals surface area contributed by atoms with Crippen LogP contribution < -0.4 is 5.32 Å². The van der Waals surface area contributed by atoms with Crippen molar-refractivity contribution in [3.8, 4) is 11.3 Å². The molecule has 94 valence electrons. The van der Waals surface area contributed by atoms with Crippen LogP contribution in [0, 0.1) is 0 Å². The maximum Gasteiger partial charge on any atom is 0.133 e. The molecule has 1 N–H and O–H groups in total. The van der Waals surface area contributed by atoms with Gasteiger partial charge in [-0.3, -0.25) is 0 Å². The lowest BCUT2D eigenvalue weighted by molar-refractivity contribution is 1.03. The normalized spacial score (nSPS) is 10.4. The molecule has 0 fully saturated rings. The third-order valence-electron chi connectivity index (χ3n) is 2.77. The molecule has 0 aliphatic heterocycles. The molecule has 0 saturated carbocycles. The highest BCUT2D eigenvalue weighted by Gasteiger charge is 2.13. The van der Waals surface area contributed by atoms with E-state index in [4.69, 9.17) is 11.6 Å². The molecule has 0 aliphatic rings. The average molecular weight is 262 g/mol. The van der Waals surface area contributed by atoms with Crippen molar-refractivity contribution in [2.24, 2.45) is 0 Å². The third kappa shape index (κ3) is 2.46. The fourth-order valence-electron chi connectivity index (χ4n) is 1.95. The van der Waals surface area contributed by atoms with Crippen LogP contribution in [0.3, 0.4) is 0 Å². The molecule has 1 aromatic heterocycles. The minimum absolute atomic E-state index is 0.716. The first-order valence-electron chi connectivity index (χ1n) is 6.10. The van der Waals surface area contributed by atoms with Crippen molar-refractivity contribution in [2.75, 3.05) is 11.9 Å². The molecule has 0 unspecified atom stereocenters. The van der Waals surface area contributed by atoms with Gasteiger partial charge in [0.25, 0.3) is 0 Å². The van der Waals surface area contributed by atoms with Crippen LogP contribution >= 0.6 is 11.6 Å². The Hall–Kier alpha value is -1.61. The van der Waals surface area contributed by atoms with Gasteiger partial charge in [-0.1, -0.05) is 36.7 Å². The summed E-state index contributed by atoms with van der Waals surface area (Å²) in [7, 11) is 0. The molecule has 0 atom stereocenters. The summed E-state index contributed by atoms with van der Waals surface area (Å²) in [4.78, 5) is 8.68. The first-order chi connectivity index (χ1) is 8.77. The minimum Gasteiger partial charge on any atom is -0.370 e. The molecule has 0 saturated heterocycles. The third-order valence-corrected chi connectivity index (χ3v) is 3.10. The molecule has 0 amide bonds. The first kappa shape index (κ1) is 12.8. The van der Waals surface area contributed by atoms with Crippen LogP contribution in [0.25, 0.3) is 11.3 Å². The van der Waals surface area contributed by atoms with Crippen LogP contribution in [-0.2, 0) is 6.42 Å². The van der Waals surface area contributed by atoms with Gasteiger partial charge < -0.3 is 5.32 Å². The van der Waals surface area contributed by atoms with E-state index in [-0.39, 0.29) is 0 Å². The van der Waals surface area contributed by atoms with Crippen molar-refractivity contribution in [1.29, 1.82) is 0 Å². The Morgan fingerprint density at radius 3 is 2.61 bits per heavy atom. The second kappa shape index (κ2) is 5.83. The summed E-state index contributed by atoms with van der Waals surface area (Å²) in [6.07, 6.45) is 2.44. The number of anilines is 1. The lowest BCUT2D eigenvalue weighted by Gasteiger charge is -2.13. The van der Waals surface area contributed by atoms with Crippen molar-refractivity contribution < 1.29 is 0 Å². The minimum atomic E-state index is 0.716. The summed E-state index contributed by atoms with van der Waals surface area (Å²) in [5.74, 6) is 0.893. The maximum atomic E-state index is 6.24. The van der Waals surface area contributed by atoms with Crippen molar-refractivity contribution in [1.82, 2.24) is 9.97 Å². The fourth-order valence-corrected chi connectivity index (χ4v) is 2.18. The highest BCUT2D eigenvalue weighted by Crippen LogP contribution is 2.31. The lowest BCUT2D eigenvalue weighted by atomic mass is 10.0. The Balaban J connectivity index is 2.57. The van der Waals surface area contributed by atoms with E-state index in [9.17, 15) is 0 Å². The van der Waals surface area contributed by atoms with Gasteiger partial charge >= 0.3 is 0 Å². The molecule has 18 heavy (non-hydrogen) atoms. The maximum absolute atomic E-state index is 6.24. The molecule has 0 spiro atoms. The van der Waals surface area contributed by atoms with Gasteiger partial charge in [-0.15, -0.1) is 0 Å². The molecule has 0 aliphatic carbocycles. The Kier molecular flexibility index (Phi) is 4.15. The van der Waals surface area contributed by atoms with E-state index in [1.54, 1.807) is 6.33 Å². The van der Waals surface area contributed by atoms with Crippen molar-refractivity contribution >= 4 is 17.4 Å². The lowest BCUT2D eigenvalue weighted by Crippen LogP contribution is -2.05. The standard InChI is InChI=1S/C14H16ClN3/c1-3-10-13(11-7-5-6-8-12(11)15)17-9-18-14(10)16-4-2/h5-9H,3-4H2,1-2H3,(H,16,17,18). The van der Waals surface area contributed by atoms with E-state index in [2.05, 4.69) is 29.1 Å². The molecule has 0 radical (unpaired) electrons. The van der Waals surface area contributed by atoms with E-state index < -0.39 is 0 Å². The average Bonchev–Trinajstić information content (AvgIpc) is 2.39. The summed E-state index contributed by atoms with van der Waals surface area (Å²) in [5, 5.41) is 3.98. The smallest absolute Gasteiger partial charge is 0.133 e. The molecule has 1 aromatic carbocycles. The van der Waals surface area contributed by atoms with Crippen LogP contribution in [0.4, 0.5) is 5.82 Å². The predicted octanol–water partition coefficient (Wildman–Crippen LogP) is 3.79. The summed E-state index contributed by atoms with van der Waals surface area (Å²) in [5.41, 5.74) is 2.97. The monoisotopic (exact) mass is 261 g/mol. The largest absolute Gasteiger partial charge is 0.370 e. The number of nitrogens with zero attached hydrogens (tertiary/aromatic N) is 2. The van der Waals surface area contributed by atoms with Crippen LogP contribution in [0.1, 0.15) is 19.4 Å². The Bertz CT molecular complexity index is 540. The van der Waals surface area contributed by atoms with Gasteiger partial charge in [-0.25, -0.2) is 9.97 Å². The van der Waals surface area contributed by atoms with Crippen LogP contribution in [0.5, 0.6) is 0 Å². The summed E-state index contributed by atoms with van der Waals surface area (Å²) in [6, 6.07) is 7.75. The topological polar surface area (TPSA) is 37.8 Å². The number of benzene rings is 1. The van der Waals surface area contributed by atoms with E-state index in [1.165, 1.54) is 0 Å². The molecular formula is C14H16ClN3. The van der Waals surface area contributed by atoms with Gasteiger partial charge in [0.05, 0.1) is 5.69 Å². The molecule has 0 bridgehead atoms. The van der Waals surface area contributed by atoms with Crippen molar-refractivity contribution in [2.45, 2.75) is 20.3 Å². The number of hydrogen-bond acceptors (Lipinski definition) is 3. The quantitative estimate of drug-likeness (QED) is 0.910. The molecule has 2 aromatic rings. The molecular weight excluding hydrogens is 246 g/mol. The van der Waals surface area contributed by atoms with Gasteiger partial charge in [0.2, 0.25) is 0 Å². The van der Waals surface area contributed by atoms with E-state index >= 15 is 0 Å². The fraction of sp³-hybridized carbons (Fsp3) is 0.286. The molecule has 2 rings (SSSR count). The number of rotatable bonds is 4. The second-order valence-corrected chi connectivity index (χ2v) is 4.32. The summed E-state index contributed by atoms with van der Waals surface area (Å²) < 4.78 is 0. The van der Waals surface area contributed by atoms with Crippen molar-refractivity contribution in [3.05, 3.63) is 41.2 Å². The number of aromatic nitrogens is 2. The van der Waals surface area contributed by atoms with E-state index in [1.807, 2.05) is 24.3 Å². The van der Waals surface area contributed by atoms with Gasteiger partial charge in [-0.2, -0.15) is 0 Å². The van der Waals surface area contributed by atoms with Crippen LogP contribution in [-0.4, -0.2) is 16.5 Å². The van der Waals surface area contributed by atoms with E-state index in [0.29, 0.717) is 5.02 Å². The Labute approximate surface area is 112 Å². The zero-order valence-corrected chi connectivity index (χ0v) is 11.3. The first-order valence-corrected chi connectivity index (χ1v) is 6.48. The summed E-state index contributed by atoms with van der Waals surface area (Å²) in [6.45, 7) is 4.99. The number of halogens is 1. The van der Waals surface area contributed by atoms with Crippen LogP contribution in [0.15, 0.2) is 30.6 Å². The zero-order chi connectivity index (χ0) is 13.0. The van der Waals surface area contributed by atoms with Crippen molar-refractivity contribution in [3.63, 3.8) is 0 Å². The van der Waals surface area contributed by atoms with Gasteiger partial charge in [0.1, 0.15) is 12.1 Å². The molecule has 4 heteroatoms. The number of hydrogen-bond donors (Lipinski definition) is 1. The second-order valence-electron chi connectivity index (χ2n) is 3.91. The zero-order valence-electron chi connectivity index (χ0n) is 10.6. The Morgan fingerprint density at radius 2 is 1.94 bits per heavy atom. The molecule has 3 nitrogen and oxygen atoms in total. The molecule has 1 heterocycles. The Morgan fingerprint density at radius 1 is 1.17 bits per heavy atom. The summed E-state index contributed by atoms with van der Waals surface area (Å²) >= 11 is 6.24. The number of nitrogens with one attached hydrogen (secondary N) is 1. The highest BCUT2D eigenvalue weighted by atomic mass is 35.5. The highest BCUT2D eigenvalue weighted by molar-refractivity contribution is 6.33. The predicted molar refractivity (Wildman–Crippen MR) is 76.0 cm³/mol. The van der Waals surface area contributed by atoms with E-state index in [0.717, 1.165) is 35.6 Å². The van der Waals surface area contributed by atoms with Gasteiger partial charge in [0.15, 0.2) is 0 Å².